The molecule has 0 bridgehead atoms. The van der Waals surface area contributed by atoms with Gasteiger partial charge in [-0.15, -0.1) is 0 Å². The van der Waals surface area contributed by atoms with Crippen molar-refractivity contribution in [2.24, 2.45) is 0 Å². The zero-order chi connectivity index (χ0) is 13.3. The van der Waals surface area contributed by atoms with Crippen molar-refractivity contribution in [1.29, 1.82) is 0 Å². The highest BCUT2D eigenvalue weighted by Crippen LogP contribution is 2.24. The van der Waals surface area contributed by atoms with Crippen molar-refractivity contribution >= 4 is 11.8 Å². The SMILES string of the molecule is Cc1c(C(=O)O)nn(C(C)c2ccccc2)c1N. The summed E-state index contributed by atoms with van der Waals surface area (Å²) in [7, 11) is 0. The van der Waals surface area contributed by atoms with E-state index in [9.17, 15) is 4.79 Å². The zero-order valence-corrected chi connectivity index (χ0v) is 10.3. The van der Waals surface area contributed by atoms with Gasteiger partial charge in [-0.05, 0) is 19.4 Å². The van der Waals surface area contributed by atoms with E-state index in [-0.39, 0.29) is 11.7 Å². The van der Waals surface area contributed by atoms with Crippen LogP contribution in [0.1, 0.15) is 34.6 Å². The van der Waals surface area contributed by atoms with Gasteiger partial charge < -0.3 is 10.8 Å². The van der Waals surface area contributed by atoms with E-state index in [1.165, 1.54) is 0 Å². The fourth-order valence-electron chi connectivity index (χ4n) is 1.90. The molecule has 2 aromatic rings. The van der Waals surface area contributed by atoms with Gasteiger partial charge in [-0.25, -0.2) is 9.48 Å². The molecule has 0 saturated carbocycles. The maximum atomic E-state index is 11.0. The number of carboxylic acids is 1. The molecule has 0 spiro atoms. The molecule has 0 amide bonds. The molecule has 1 aromatic heterocycles. The Labute approximate surface area is 105 Å². The highest BCUT2D eigenvalue weighted by atomic mass is 16.4. The van der Waals surface area contributed by atoms with Gasteiger partial charge >= 0.3 is 5.97 Å². The summed E-state index contributed by atoms with van der Waals surface area (Å²) in [5.41, 5.74) is 7.46. The molecule has 0 aliphatic heterocycles. The monoisotopic (exact) mass is 245 g/mol. The van der Waals surface area contributed by atoms with Crippen LogP contribution in [0.2, 0.25) is 0 Å². The van der Waals surface area contributed by atoms with E-state index in [2.05, 4.69) is 5.10 Å². The van der Waals surface area contributed by atoms with Crippen LogP contribution < -0.4 is 5.73 Å². The van der Waals surface area contributed by atoms with E-state index in [0.717, 1.165) is 5.56 Å². The fourth-order valence-corrected chi connectivity index (χ4v) is 1.90. The summed E-state index contributed by atoms with van der Waals surface area (Å²) in [4.78, 5) is 11.0. The molecule has 1 unspecified atom stereocenters. The van der Waals surface area contributed by atoms with Gasteiger partial charge in [0.05, 0.1) is 6.04 Å². The number of nitrogens with zero attached hydrogens (tertiary/aromatic N) is 2. The number of anilines is 1. The van der Waals surface area contributed by atoms with Crippen LogP contribution in [0.5, 0.6) is 0 Å². The Balaban J connectivity index is 2.46. The van der Waals surface area contributed by atoms with Crippen molar-refractivity contribution in [2.75, 3.05) is 5.73 Å². The Hall–Kier alpha value is -2.30. The molecule has 1 heterocycles. The number of nitrogen functional groups attached to an aromatic ring is 1. The first-order valence-corrected chi connectivity index (χ1v) is 5.65. The molecule has 5 nitrogen and oxygen atoms in total. The van der Waals surface area contributed by atoms with E-state index in [4.69, 9.17) is 10.8 Å². The molecule has 2 rings (SSSR count). The number of aromatic nitrogens is 2. The van der Waals surface area contributed by atoms with Gasteiger partial charge in [0.25, 0.3) is 0 Å². The molecule has 0 radical (unpaired) electrons. The summed E-state index contributed by atoms with van der Waals surface area (Å²) in [6.07, 6.45) is 0. The number of hydrogen-bond acceptors (Lipinski definition) is 3. The van der Waals surface area contributed by atoms with E-state index in [1.54, 1.807) is 11.6 Å². The normalized spacial score (nSPS) is 12.3. The molecular weight excluding hydrogens is 230 g/mol. The third-order valence-electron chi connectivity index (χ3n) is 3.05. The highest BCUT2D eigenvalue weighted by Gasteiger charge is 2.20. The van der Waals surface area contributed by atoms with Crippen LogP contribution >= 0.6 is 0 Å². The average Bonchev–Trinajstić information content (AvgIpc) is 2.67. The van der Waals surface area contributed by atoms with Gasteiger partial charge in [-0.1, -0.05) is 30.3 Å². The van der Waals surface area contributed by atoms with E-state index in [0.29, 0.717) is 11.4 Å². The van der Waals surface area contributed by atoms with Gasteiger partial charge in [-0.3, -0.25) is 0 Å². The van der Waals surface area contributed by atoms with Crippen molar-refractivity contribution in [2.45, 2.75) is 19.9 Å². The first-order chi connectivity index (χ1) is 8.52. The second-order valence-corrected chi connectivity index (χ2v) is 4.20. The van der Waals surface area contributed by atoms with Crippen LogP contribution in [0.3, 0.4) is 0 Å². The quantitative estimate of drug-likeness (QED) is 0.867. The molecule has 94 valence electrons. The van der Waals surface area contributed by atoms with Crippen LogP contribution in [0, 0.1) is 6.92 Å². The third-order valence-corrected chi connectivity index (χ3v) is 3.05. The molecule has 1 aromatic carbocycles. The molecule has 0 aliphatic rings. The first-order valence-electron chi connectivity index (χ1n) is 5.65. The van der Waals surface area contributed by atoms with Crippen molar-refractivity contribution in [1.82, 2.24) is 9.78 Å². The van der Waals surface area contributed by atoms with Crippen molar-refractivity contribution in [3.63, 3.8) is 0 Å². The highest BCUT2D eigenvalue weighted by molar-refractivity contribution is 5.88. The Kier molecular flexibility index (Phi) is 3.06. The van der Waals surface area contributed by atoms with Gasteiger partial charge in [0.15, 0.2) is 5.69 Å². The summed E-state index contributed by atoms with van der Waals surface area (Å²) >= 11 is 0. The van der Waals surface area contributed by atoms with Crippen molar-refractivity contribution < 1.29 is 9.90 Å². The lowest BCUT2D eigenvalue weighted by atomic mass is 10.1. The summed E-state index contributed by atoms with van der Waals surface area (Å²) in [5, 5.41) is 13.1. The fraction of sp³-hybridized carbons (Fsp3) is 0.231. The van der Waals surface area contributed by atoms with Gasteiger partial charge in [0, 0.05) is 5.56 Å². The number of carboxylic acid groups (broad SMARTS) is 1. The minimum absolute atomic E-state index is 0.00952. The largest absolute Gasteiger partial charge is 0.476 e. The van der Waals surface area contributed by atoms with Crippen LogP contribution in [0.4, 0.5) is 5.82 Å². The lowest BCUT2D eigenvalue weighted by Gasteiger charge is -2.14. The summed E-state index contributed by atoms with van der Waals surface area (Å²) in [5.74, 6) is -0.665. The number of hydrogen-bond donors (Lipinski definition) is 2. The van der Waals surface area contributed by atoms with Crippen LogP contribution in [-0.2, 0) is 0 Å². The standard InChI is InChI=1S/C13H15N3O2/c1-8-11(13(17)18)15-16(12(8)14)9(2)10-6-4-3-5-7-10/h3-7,9H,14H2,1-2H3,(H,17,18). The second-order valence-electron chi connectivity index (χ2n) is 4.20. The third kappa shape index (κ3) is 1.95. The maximum Gasteiger partial charge on any atom is 0.356 e. The Morgan fingerprint density at radius 2 is 2.00 bits per heavy atom. The predicted octanol–water partition coefficient (Wildman–Crippen LogP) is 2.08. The van der Waals surface area contributed by atoms with Gasteiger partial charge in [0.2, 0.25) is 0 Å². The number of carbonyl (C=O) groups is 1. The van der Waals surface area contributed by atoms with Crippen molar-refractivity contribution in [3.8, 4) is 0 Å². The molecule has 0 aliphatic carbocycles. The molecular formula is C13H15N3O2. The first kappa shape index (κ1) is 12.2. The average molecular weight is 245 g/mol. The lowest BCUT2D eigenvalue weighted by Crippen LogP contribution is -2.12. The minimum Gasteiger partial charge on any atom is -0.476 e. The van der Waals surface area contributed by atoms with Crippen LogP contribution in [0.25, 0.3) is 0 Å². The van der Waals surface area contributed by atoms with Crippen LogP contribution in [-0.4, -0.2) is 20.9 Å². The Morgan fingerprint density at radius 3 is 2.50 bits per heavy atom. The summed E-state index contributed by atoms with van der Waals surface area (Å²) < 4.78 is 1.55. The molecule has 5 heteroatoms. The lowest BCUT2D eigenvalue weighted by molar-refractivity contribution is 0.0688. The molecule has 18 heavy (non-hydrogen) atoms. The van der Waals surface area contributed by atoms with E-state index >= 15 is 0 Å². The minimum atomic E-state index is -1.06. The van der Waals surface area contributed by atoms with Gasteiger partial charge in [-0.2, -0.15) is 5.10 Å². The molecule has 0 saturated heterocycles. The molecule has 3 N–H and O–H groups in total. The van der Waals surface area contributed by atoms with E-state index < -0.39 is 5.97 Å². The number of benzene rings is 1. The summed E-state index contributed by atoms with van der Waals surface area (Å²) in [6.45, 7) is 3.60. The number of nitrogens with two attached hydrogens (primary N) is 1. The Morgan fingerprint density at radius 1 is 1.39 bits per heavy atom. The van der Waals surface area contributed by atoms with Crippen LogP contribution in [0.15, 0.2) is 30.3 Å². The smallest absolute Gasteiger partial charge is 0.356 e. The summed E-state index contributed by atoms with van der Waals surface area (Å²) in [6, 6.07) is 9.60. The zero-order valence-electron chi connectivity index (χ0n) is 10.3. The van der Waals surface area contributed by atoms with E-state index in [1.807, 2.05) is 37.3 Å². The predicted molar refractivity (Wildman–Crippen MR) is 68.6 cm³/mol. The topological polar surface area (TPSA) is 81.1 Å². The molecule has 1 atom stereocenters. The second kappa shape index (κ2) is 4.52. The Bertz CT molecular complexity index is 575. The number of aromatic carboxylic acids is 1. The van der Waals surface area contributed by atoms with Gasteiger partial charge in [0.1, 0.15) is 5.82 Å². The van der Waals surface area contributed by atoms with Crippen molar-refractivity contribution in [3.05, 3.63) is 47.2 Å². The number of rotatable bonds is 3. The molecule has 0 fully saturated rings. The maximum absolute atomic E-state index is 11.0.